The van der Waals surface area contributed by atoms with E-state index in [0.29, 0.717) is 27.2 Å². The van der Waals surface area contributed by atoms with Crippen LogP contribution >= 0.6 is 15.9 Å². The van der Waals surface area contributed by atoms with Gasteiger partial charge in [-0.1, -0.05) is 12.1 Å². The van der Waals surface area contributed by atoms with Crippen molar-refractivity contribution >= 4 is 37.4 Å². The van der Waals surface area contributed by atoms with Gasteiger partial charge >= 0.3 is 0 Å². The minimum absolute atomic E-state index is 0.182. The molecule has 0 saturated heterocycles. The molecule has 0 fully saturated rings. The average molecular weight is 452 g/mol. The van der Waals surface area contributed by atoms with Crippen LogP contribution in [-0.4, -0.2) is 40.3 Å². The van der Waals surface area contributed by atoms with Crippen molar-refractivity contribution in [3.05, 3.63) is 64.0 Å². The fourth-order valence-corrected chi connectivity index (χ4v) is 4.63. The average Bonchev–Trinajstić information content (AvgIpc) is 3.01. The lowest BCUT2D eigenvalue weighted by molar-refractivity contribution is 0.0981. The number of nitrogens with zero attached hydrogens (tertiary/aromatic N) is 1. The van der Waals surface area contributed by atoms with E-state index in [2.05, 4.69) is 15.9 Å². The van der Waals surface area contributed by atoms with Gasteiger partial charge in [0, 0.05) is 15.9 Å². The quantitative estimate of drug-likeness (QED) is 0.695. The smallest absolute Gasteiger partial charge is 0.260 e. The van der Waals surface area contributed by atoms with Crippen LogP contribution in [0.15, 0.2) is 58.4 Å². The molecule has 0 spiro atoms. The number of ether oxygens (including phenoxy) is 2. The van der Waals surface area contributed by atoms with Crippen molar-refractivity contribution in [2.45, 2.75) is 6.04 Å². The lowest BCUT2D eigenvalue weighted by Gasteiger charge is -2.29. The van der Waals surface area contributed by atoms with E-state index in [0.717, 1.165) is 5.41 Å². The maximum Gasteiger partial charge on any atom is 0.260 e. The summed E-state index contributed by atoms with van der Waals surface area (Å²) in [4.78, 5) is 14.8. The van der Waals surface area contributed by atoms with Crippen molar-refractivity contribution in [1.29, 1.82) is 0 Å². The highest BCUT2D eigenvalue weighted by molar-refractivity contribution is 9.10. The van der Waals surface area contributed by atoms with Crippen LogP contribution < -0.4 is 14.4 Å². The second kappa shape index (κ2) is 7.74. The van der Waals surface area contributed by atoms with E-state index in [4.69, 9.17) is 9.47 Å². The zero-order chi connectivity index (χ0) is 19.6. The SMILES string of the molecule is COc1ccc(N(C(=O)c2ccccc2Br)C2C=CS(=O)(=O)C2)c(OC)c1. The second-order valence-corrected chi connectivity index (χ2v) is 8.70. The summed E-state index contributed by atoms with van der Waals surface area (Å²) in [6.45, 7) is 0. The predicted octanol–water partition coefficient (Wildman–Crippen LogP) is 3.42. The topological polar surface area (TPSA) is 72.9 Å². The third-order valence-electron chi connectivity index (χ3n) is 4.21. The molecule has 0 bridgehead atoms. The molecule has 6 nitrogen and oxygen atoms in total. The third-order valence-corrected chi connectivity index (χ3v) is 6.28. The van der Waals surface area contributed by atoms with Crippen LogP contribution in [0.1, 0.15) is 10.4 Å². The molecule has 0 N–H and O–H groups in total. The second-order valence-electron chi connectivity index (χ2n) is 5.92. The largest absolute Gasteiger partial charge is 0.497 e. The summed E-state index contributed by atoms with van der Waals surface area (Å²) in [7, 11) is -0.339. The molecule has 1 unspecified atom stereocenters. The van der Waals surface area contributed by atoms with E-state index < -0.39 is 15.9 Å². The predicted molar refractivity (Wildman–Crippen MR) is 107 cm³/mol. The van der Waals surface area contributed by atoms with Crippen molar-refractivity contribution in [3.63, 3.8) is 0 Å². The Balaban J connectivity index is 2.13. The molecule has 1 atom stereocenters. The van der Waals surface area contributed by atoms with Crippen molar-refractivity contribution < 1.29 is 22.7 Å². The monoisotopic (exact) mass is 451 g/mol. The molecular weight excluding hydrogens is 434 g/mol. The number of halogens is 1. The Morgan fingerprint density at radius 1 is 1.15 bits per heavy atom. The number of amides is 1. The van der Waals surface area contributed by atoms with Gasteiger partial charge in [-0.2, -0.15) is 0 Å². The van der Waals surface area contributed by atoms with Gasteiger partial charge in [0.1, 0.15) is 11.5 Å². The fourth-order valence-electron chi connectivity index (χ4n) is 2.91. The van der Waals surface area contributed by atoms with Gasteiger partial charge in [0.25, 0.3) is 5.91 Å². The number of anilines is 1. The summed E-state index contributed by atoms with van der Waals surface area (Å²) in [5.41, 5.74) is 0.888. The first kappa shape index (κ1) is 19.4. The maximum atomic E-state index is 13.4. The Kier molecular flexibility index (Phi) is 5.57. The molecule has 142 valence electrons. The number of hydrogen-bond donors (Lipinski definition) is 0. The molecular formula is C19H18BrNO5S. The van der Waals surface area contributed by atoms with Crippen molar-refractivity contribution in [2.75, 3.05) is 24.9 Å². The summed E-state index contributed by atoms with van der Waals surface area (Å²) in [5, 5.41) is 1.15. The van der Waals surface area contributed by atoms with E-state index in [1.54, 1.807) is 42.5 Å². The normalized spacial score (nSPS) is 17.5. The molecule has 8 heteroatoms. The highest BCUT2D eigenvalue weighted by Crippen LogP contribution is 2.36. The zero-order valence-electron chi connectivity index (χ0n) is 14.8. The lowest BCUT2D eigenvalue weighted by atomic mass is 10.1. The molecule has 1 aliphatic rings. The standard InChI is InChI=1S/C19H18BrNO5S/c1-25-14-7-8-17(18(11-14)26-2)21(13-9-10-27(23,24)12-13)19(22)15-5-3-4-6-16(15)20/h3-11,13H,12H2,1-2H3. The molecule has 0 radical (unpaired) electrons. The summed E-state index contributed by atoms with van der Waals surface area (Å²) in [6, 6.07) is 11.4. The first-order chi connectivity index (χ1) is 12.9. The first-order valence-electron chi connectivity index (χ1n) is 8.07. The number of hydrogen-bond acceptors (Lipinski definition) is 5. The van der Waals surface area contributed by atoms with Crippen molar-refractivity contribution in [1.82, 2.24) is 0 Å². The van der Waals surface area contributed by atoms with Gasteiger partial charge in [-0.3, -0.25) is 9.69 Å². The molecule has 27 heavy (non-hydrogen) atoms. The lowest BCUT2D eigenvalue weighted by Crippen LogP contribution is -2.41. The van der Waals surface area contributed by atoms with Crippen LogP contribution in [0.3, 0.4) is 0 Å². The summed E-state index contributed by atoms with van der Waals surface area (Å²) >= 11 is 3.39. The highest BCUT2D eigenvalue weighted by Gasteiger charge is 2.34. The Morgan fingerprint density at radius 2 is 1.89 bits per heavy atom. The molecule has 3 rings (SSSR count). The summed E-state index contributed by atoms with van der Waals surface area (Å²) in [5.74, 6) is 0.460. The van der Waals surface area contributed by atoms with E-state index in [1.807, 2.05) is 0 Å². The summed E-state index contributed by atoms with van der Waals surface area (Å²) in [6.07, 6.45) is 1.52. The van der Waals surface area contributed by atoms with Gasteiger partial charge in [0.2, 0.25) is 0 Å². The van der Waals surface area contributed by atoms with E-state index in [1.165, 1.54) is 25.2 Å². The Bertz CT molecular complexity index is 1000. The van der Waals surface area contributed by atoms with Crippen molar-refractivity contribution in [3.8, 4) is 11.5 Å². The van der Waals surface area contributed by atoms with Gasteiger partial charge in [-0.15, -0.1) is 0 Å². The van der Waals surface area contributed by atoms with Crippen LogP contribution in [0, 0.1) is 0 Å². The maximum absolute atomic E-state index is 13.4. The fraction of sp³-hybridized carbons (Fsp3) is 0.211. The van der Waals surface area contributed by atoms with Crippen LogP contribution in [0.2, 0.25) is 0 Å². The number of rotatable bonds is 5. The number of benzene rings is 2. The number of carbonyl (C=O) groups excluding carboxylic acids is 1. The third kappa shape index (κ3) is 4.01. The minimum Gasteiger partial charge on any atom is -0.497 e. The van der Waals surface area contributed by atoms with E-state index in [-0.39, 0.29) is 11.7 Å². The molecule has 1 aliphatic heterocycles. The molecule has 2 aromatic carbocycles. The van der Waals surface area contributed by atoms with Gasteiger partial charge in [-0.25, -0.2) is 8.42 Å². The van der Waals surface area contributed by atoms with Gasteiger partial charge in [-0.05, 0) is 46.3 Å². The molecule has 0 saturated carbocycles. The minimum atomic E-state index is -3.36. The van der Waals surface area contributed by atoms with Gasteiger partial charge < -0.3 is 9.47 Å². The molecule has 1 heterocycles. The van der Waals surface area contributed by atoms with Crippen molar-refractivity contribution in [2.24, 2.45) is 0 Å². The van der Waals surface area contributed by atoms with E-state index >= 15 is 0 Å². The van der Waals surface area contributed by atoms with Crippen LogP contribution in [0.25, 0.3) is 0 Å². The van der Waals surface area contributed by atoms with Crippen LogP contribution in [-0.2, 0) is 9.84 Å². The molecule has 0 aromatic heterocycles. The number of methoxy groups -OCH3 is 2. The number of sulfone groups is 1. The zero-order valence-corrected chi connectivity index (χ0v) is 17.2. The Hall–Kier alpha value is -2.32. The first-order valence-corrected chi connectivity index (χ1v) is 10.6. The summed E-state index contributed by atoms with van der Waals surface area (Å²) < 4.78 is 35.2. The Morgan fingerprint density at radius 3 is 2.48 bits per heavy atom. The number of carbonyl (C=O) groups is 1. The van der Waals surface area contributed by atoms with E-state index in [9.17, 15) is 13.2 Å². The molecule has 0 aliphatic carbocycles. The highest BCUT2D eigenvalue weighted by atomic mass is 79.9. The Labute approximate surface area is 166 Å². The van der Waals surface area contributed by atoms with Crippen LogP contribution in [0.4, 0.5) is 5.69 Å². The van der Waals surface area contributed by atoms with Gasteiger partial charge in [0.15, 0.2) is 9.84 Å². The molecule has 1 amide bonds. The van der Waals surface area contributed by atoms with Gasteiger partial charge in [0.05, 0.1) is 37.3 Å². The van der Waals surface area contributed by atoms with Crippen LogP contribution in [0.5, 0.6) is 11.5 Å². The molecule has 2 aromatic rings.